The lowest BCUT2D eigenvalue weighted by Crippen LogP contribution is -2.13. The molecule has 0 aliphatic carbocycles. The van der Waals surface area contributed by atoms with Gasteiger partial charge in [0.05, 0.1) is 20.3 Å². The Morgan fingerprint density at radius 2 is 2.28 bits per heavy atom. The van der Waals surface area contributed by atoms with Crippen molar-refractivity contribution in [1.29, 1.82) is 0 Å². The Hall–Kier alpha value is -1.21. The molecule has 1 aromatic heterocycles. The number of carbonyl (C=O) groups excluding carboxylic acids is 1. The second-order valence-electron chi connectivity index (χ2n) is 3.21. The summed E-state index contributed by atoms with van der Waals surface area (Å²) >= 11 is 3.21. The first-order chi connectivity index (χ1) is 8.60. The number of hydrogen-bond acceptors (Lipinski definition) is 5. The quantitative estimate of drug-likeness (QED) is 0.593. The first kappa shape index (κ1) is 14.8. The highest BCUT2D eigenvalue weighted by atomic mass is 79.9. The number of methoxy groups -OCH3 is 1. The van der Waals surface area contributed by atoms with Crippen LogP contribution in [0.4, 0.5) is 4.39 Å². The van der Waals surface area contributed by atoms with E-state index in [9.17, 15) is 9.18 Å². The molecule has 5 nitrogen and oxygen atoms in total. The van der Waals surface area contributed by atoms with E-state index in [0.29, 0.717) is 16.6 Å². The van der Waals surface area contributed by atoms with Gasteiger partial charge in [-0.2, -0.15) is 4.39 Å². The summed E-state index contributed by atoms with van der Waals surface area (Å²) in [5.41, 5.74) is 0.453. The van der Waals surface area contributed by atoms with Crippen LogP contribution in [-0.4, -0.2) is 31.3 Å². The van der Waals surface area contributed by atoms with Gasteiger partial charge in [-0.1, -0.05) is 0 Å². The van der Waals surface area contributed by atoms with Crippen molar-refractivity contribution in [2.45, 2.75) is 13.5 Å². The molecule has 0 saturated carbocycles. The minimum Gasteiger partial charge on any atom is -0.492 e. The molecule has 0 unspecified atom stereocenters. The number of carbonyl (C=O) groups is 1. The molecule has 0 saturated heterocycles. The van der Waals surface area contributed by atoms with Crippen molar-refractivity contribution in [3.8, 4) is 5.75 Å². The Labute approximate surface area is 112 Å². The maximum absolute atomic E-state index is 13.3. The molecule has 18 heavy (non-hydrogen) atoms. The van der Waals surface area contributed by atoms with Crippen LogP contribution in [-0.2, 0) is 20.9 Å². The Balaban J connectivity index is 2.67. The van der Waals surface area contributed by atoms with Gasteiger partial charge in [0.2, 0.25) is 0 Å². The molecule has 0 amide bonds. The van der Waals surface area contributed by atoms with E-state index in [2.05, 4.69) is 20.9 Å². The zero-order valence-corrected chi connectivity index (χ0v) is 11.6. The van der Waals surface area contributed by atoms with E-state index >= 15 is 0 Å². The van der Waals surface area contributed by atoms with Gasteiger partial charge in [-0.3, -0.25) is 0 Å². The van der Waals surface area contributed by atoms with E-state index in [-0.39, 0.29) is 19.0 Å². The van der Waals surface area contributed by atoms with E-state index in [4.69, 9.17) is 14.2 Å². The molecule has 7 heteroatoms. The smallest absolute Gasteiger partial charge is 0.332 e. The predicted molar refractivity (Wildman–Crippen MR) is 64.7 cm³/mol. The van der Waals surface area contributed by atoms with Gasteiger partial charge in [0.1, 0.15) is 6.61 Å². The van der Waals surface area contributed by atoms with Crippen LogP contribution in [0, 0.1) is 5.95 Å². The van der Waals surface area contributed by atoms with Crippen LogP contribution in [0.15, 0.2) is 10.7 Å². The van der Waals surface area contributed by atoms with Crippen molar-refractivity contribution in [3.63, 3.8) is 0 Å². The Morgan fingerprint density at radius 3 is 2.89 bits per heavy atom. The third-order valence-electron chi connectivity index (χ3n) is 2.02. The summed E-state index contributed by atoms with van der Waals surface area (Å²) in [4.78, 5) is 14.6. The summed E-state index contributed by atoms with van der Waals surface area (Å²) in [6.07, 6.45) is 1.31. The Bertz CT molecular complexity index is 428. The average molecular weight is 322 g/mol. The van der Waals surface area contributed by atoms with E-state index in [1.165, 1.54) is 13.3 Å². The van der Waals surface area contributed by atoms with Crippen LogP contribution in [0.5, 0.6) is 5.75 Å². The fourth-order valence-corrected chi connectivity index (χ4v) is 1.66. The molecule has 1 aromatic rings. The fraction of sp³-hybridized carbons (Fsp3) is 0.455. The lowest BCUT2D eigenvalue weighted by atomic mass is 10.2. The maximum atomic E-state index is 13.3. The Morgan fingerprint density at radius 1 is 1.56 bits per heavy atom. The van der Waals surface area contributed by atoms with Gasteiger partial charge < -0.3 is 14.2 Å². The van der Waals surface area contributed by atoms with Crippen LogP contribution in [0.3, 0.4) is 0 Å². The van der Waals surface area contributed by atoms with Gasteiger partial charge in [0.25, 0.3) is 5.95 Å². The van der Waals surface area contributed by atoms with Crippen LogP contribution >= 0.6 is 15.9 Å². The minimum atomic E-state index is -0.726. The monoisotopic (exact) mass is 321 g/mol. The molecule has 0 aliphatic heterocycles. The highest BCUT2D eigenvalue weighted by molar-refractivity contribution is 9.10. The maximum Gasteiger partial charge on any atom is 0.332 e. The molecule has 0 aromatic carbocycles. The van der Waals surface area contributed by atoms with Gasteiger partial charge in [-0.25, -0.2) is 9.78 Å². The molecule has 0 N–H and O–H groups in total. The van der Waals surface area contributed by atoms with Gasteiger partial charge in [0.15, 0.2) is 5.75 Å². The van der Waals surface area contributed by atoms with Crippen molar-refractivity contribution in [2.24, 2.45) is 0 Å². The first-order valence-corrected chi connectivity index (χ1v) is 5.99. The predicted octanol–water partition coefficient (Wildman–Crippen LogP) is 2.07. The summed E-state index contributed by atoms with van der Waals surface area (Å²) in [7, 11) is 1.33. The van der Waals surface area contributed by atoms with E-state index in [1.807, 2.05) is 0 Å². The molecule has 0 spiro atoms. The molecule has 0 fully saturated rings. The number of aromatic nitrogens is 1. The van der Waals surface area contributed by atoms with Crippen molar-refractivity contribution in [2.75, 3.05) is 20.3 Å². The average Bonchev–Trinajstić information content (AvgIpc) is 2.34. The number of hydrogen-bond donors (Lipinski definition) is 0. The zero-order chi connectivity index (χ0) is 13.5. The van der Waals surface area contributed by atoms with Crippen molar-refractivity contribution < 1.29 is 23.4 Å². The van der Waals surface area contributed by atoms with Gasteiger partial charge in [0, 0.05) is 16.2 Å². The van der Waals surface area contributed by atoms with Crippen molar-refractivity contribution in [3.05, 3.63) is 22.2 Å². The van der Waals surface area contributed by atoms with Crippen LogP contribution in [0.25, 0.3) is 0 Å². The van der Waals surface area contributed by atoms with Gasteiger partial charge in [-0.15, -0.1) is 0 Å². The molecule has 0 radical (unpaired) electrons. The van der Waals surface area contributed by atoms with Crippen LogP contribution in [0.2, 0.25) is 0 Å². The lowest BCUT2D eigenvalue weighted by molar-refractivity contribution is -0.148. The molecular weight excluding hydrogens is 309 g/mol. The summed E-state index contributed by atoms with van der Waals surface area (Å²) in [5, 5.41) is 0. The van der Waals surface area contributed by atoms with E-state index in [0.717, 1.165) is 0 Å². The largest absolute Gasteiger partial charge is 0.492 e. The van der Waals surface area contributed by atoms with Crippen LogP contribution in [0.1, 0.15) is 12.5 Å². The summed E-state index contributed by atoms with van der Waals surface area (Å²) in [6, 6.07) is 0. The van der Waals surface area contributed by atoms with Gasteiger partial charge in [-0.05, 0) is 22.9 Å². The second-order valence-corrected chi connectivity index (χ2v) is 4.06. The van der Waals surface area contributed by atoms with E-state index in [1.54, 1.807) is 6.92 Å². The number of ether oxygens (including phenoxy) is 3. The normalized spacial score (nSPS) is 10.2. The summed E-state index contributed by atoms with van der Waals surface area (Å²) < 4.78 is 28.6. The first-order valence-electron chi connectivity index (χ1n) is 5.20. The molecule has 1 rings (SSSR count). The number of esters is 1. The molecule has 0 aliphatic rings. The topological polar surface area (TPSA) is 57.7 Å². The Kier molecular flexibility index (Phi) is 6.00. The fourth-order valence-electron chi connectivity index (χ4n) is 1.26. The number of pyridine rings is 1. The standard InChI is InChI=1S/C11H13BrFNO4/c1-3-18-9(15)6-17-5-7-8(12)4-14-11(13)10(7)16-2/h4H,3,5-6H2,1-2H3. The third kappa shape index (κ3) is 3.92. The molecule has 0 bridgehead atoms. The number of halogens is 2. The molecule has 0 atom stereocenters. The highest BCUT2D eigenvalue weighted by Crippen LogP contribution is 2.28. The third-order valence-corrected chi connectivity index (χ3v) is 2.70. The minimum absolute atomic E-state index is 0.00626. The SMILES string of the molecule is CCOC(=O)COCc1c(Br)cnc(F)c1OC. The van der Waals surface area contributed by atoms with Crippen molar-refractivity contribution in [1.82, 2.24) is 4.98 Å². The zero-order valence-electron chi connectivity index (χ0n) is 10.0. The molecular formula is C11H13BrFNO4. The second kappa shape index (κ2) is 7.27. The van der Waals surface area contributed by atoms with E-state index < -0.39 is 11.9 Å². The highest BCUT2D eigenvalue weighted by Gasteiger charge is 2.15. The summed E-state index contributed by atoms with van der Waals surface area (Å²) in [5.74, 6) is -1.20. The van der Waals surface area contributed by atoms with Crippen molar-refractivity contribution >= 4 is 21.9 Å². The molecule has 1 heterocycles. The van der Waals surface area contributed by atoms with Crippen LogP contribution < -0.4 is 4.74 Å². The molecule has 100 valence electrons. The number of rotatable bonds is 6. The number of nitrogens with zero attached hydrogens (tertiary/aromatic N) is 1. The summed E-state index contributed by atoms with van der Waals surface area (Å²) in [6.45, 7) is 1.81. The lowest BCUT2D eigenvalue weighted by Gasteiger charge is -2.11. The van der Waals surface area contributed by atoms with Gasteiger partial charge >= 0.3 is 5.97 Å².